The van der Waals surface area contributed by atoms with Crippen LogP contribution in [0, 0.1) is 11.8 Å². The molecule has 0 bridgehead atoms. The molecule has 160 valence electrons. The maximum absolute atomic E-state index is 12.7. The highest BCUT2D eigenvalue weighted by Gasteiger charge is 2.31. The third kappa shape index (κ3) is 5.24. The molecule has 2 atom stereocenters. The smallest absolute Gasteiger partial charge is 0.227 e. The Kier molecular flexibility index (Phi) is 7.24. The Morgan fingerprint density at radius 1 is 0.733 bits per heavy atom. The van der Waals surface area contributed by atoms with Crippen LogP contribution in [0.25, 0.3) is 0 Å². The summed E-state index contributed by atoms with van der Waals surface area (Å²) < 4.78 is 0. The summed E-state index contributed by atoms with van der Waals surface area (Å²) >= 11 is 24.1. The molecule has 1 aliphatic rings. The fourth-order valence-electron chi connectivity index (χ4n) is 3.47. The highest BCUT2D eigenvalue weighted by molar-refractivity contribution is 6.40. The van der Waals surface area contributed by atoms with Gasteiger partial charge in [0.05, 0.1) is 31.5 Å². The number of nitrogens with two attached hydrogens (primary N) is 2. The van der Waals surface area contributed by atoms with Crippen molar-refractivity contribution in [2.24, 2.45) is 11.8 Å². The average Bonchev–Trinajstić information content (AvgIpc) is 2.70. The summed E-state index contributed by atoms with van der Waals surface area (Å²) in [6, 6.07) is 6.18. The summed E-state index contributed by atoms with van der Waals surface area (Å²) in [5.41, 5.74) is 12.9. The molecule has 0 saturated heterocycles. The van der Waals surface area contributed by atoms with E-state index in [2.05, 4.69) is 10.6 Å². The lowest BCUT2D eigenvalue weighted by molar-refractivity contribution is -0.124. The molecule has 0 aliphatic heterocycles. The molecule has 1 fully saturated rings. The van der Waals surface area contributed by atoms with Gasteiger partial charge in [0.25, 0.3) is 0 Å². The fraction of sp³-hybridized carbons (Fsp3) is 0.300. The fourth-order valence-corrected chi connectivity index (χ4v) is 4.44. The molecular formula is C20H20Cl4N4O2. The van der Waals surface area contributed by atoms with Crippen molar-refractivity contribution in [3.05, 3.63) is 44.4 Å². The van der Waals surface area contributed by atoms with E-state index >= 15 is 0 Å². The molecule has 6 nitrogen and oxygen atoms in total. The van der Waals surface area contributed by atoms with Gasteiger partial charge in [0, 0.05) is 23.2 Å². The van der Waals surface area contributed by atoms with E-state index in [1.807, 2.05) is 0 Å². The van der Waals surface area contributed by atoms with Crippen LogP contribution >= 0.6 is 46.4 Å². The van der Waals surface area contributed by atoms with E-state index in [0.29, 0.717) is 30.6 Å². The van der Waals surface area contributed by atoms with E-state index in [9.17, 15) is 9.59 Å². The summed E-state index contributed by atoms with van der Waals surface area (Å²) in [6.07, 6.45) is 2.55. The molecule has 0 radical (unpaired) electrons. The van der Waals surface area contributed by atoms with Crippen LogP contribution in [0.2, 0.25) is 20.1 Å². The van der Waals surface area contributed by atoms with Crippen molar-refractivity contribution in [3.8, 4) is 0 Å². The minimum absolute atomic E-state index is 0.192. The summed E-state index contributed by atoms with van der Waals surface area (Å²) in [7, 11) is 0. The van der Waals surface area contributed by atoms with Gasteiger partial charge in [-0.1, -0.05) is 52.8 Å². The second kappa shape index (κ2) is 9.52. The molecule has 1 aliphatic carbocycles. The van der Waals surface area contributed by atoms with Gasteiger partial charge in [0.2, 0.25) is 11.8 Å². The molecule has 2 amide bonds. The summed E-state index contributed by atoms with van der Waals surface area (Å²) in [5, 5.41) is 6.67. The van der Waals surface area contributed by atoms with Crippen molar-refractivity contribution in [1.82, 2.24) is 0 Å². The van der Waals surface area contributed by atoms with Crippen molar-refractivity contribution in [2.45, 2.75) is 25.7 Å². The number of hydrogen-bond donors (Lipinski definition) is 4. The predicted molar refractivity (Wildman–Crippen MR) is 124 cm³/mol. The van der Waals surface area contributed by atoms with Crippen molar-refractivity contribution in [1.29, 1.82) is 0 Å². The topological polar surface area (TPSA) is 110 Å². The SMILES string of the molecule is Nc1c(Cl)cc(NC(=O)C2CCCC(C(=O)Nc3cc(Cl)c(N)c(Cl)c3)C2)cc1Cl. The monoisotopic (exact) mass is 488 g/mol. The lowest BCUT2D eigenvalue weighted by Gasteiger charge is -2.27. The van der Waals surface area contributed by atoms with Gasteiger partial charge < -0.3 is 22.1 Å². The quantitative estimate of drug-likeness (QED) is 0.403. The van der Waals surface area contributed by atoms with E-state index in [1.165, 1.54) is 0 Å². The zero-order valence-corrected chi connectivity index (χ0v) is 18.8. The molecule has 10 heteroatoms. The first kappa shape index (κ1) is 22.8. The van der Waals surface area contributed by atoms with Crippen LogP contribution in [-0.2, 0) is 9.59 Å². The number of halogens is 4. The van der Waals surface area contributed by atoms with Crippen LogP contribution in [-0.4, -0.2) is 11.8 Å². The third-order valence-electron chi connectivity index (χ3n) is 5.11. The van der Waals surface area contributed by atoms with E-state index in [4.69, 9.17) is 57.9 Å². The number of benzene rings is 2. The molecule has 2 aromatic rings. The molecular weight excluding hydrogens is 470 g/mol. The number of nitrogens with one attached hydrogen (secondary N) is 2. The van der Waals surface area contributed by atoms with Gasteiger partial charge in [0.15, 0.2) is 0 Å². The average molecular weight is 490 g/mol. The number of amides is 2. The molecule has 0 heterocycles. The maximum Gasteiger partial charge on any atom is 0.227 e. The van der Waals surface area contributed by atoms with Crippen molar-refractivity contribution in [3.63, 3.8) is 0 Å². The molecule has 0 spiro atoms. The normalized spacial score (nSPS) is 18.7. The number of nitrogen functional groups attached to an aromatic ring is 2. The first-order valence-corrected chi connectivity index (χ1v) is 10.8. The Morgan fingerprint density at radius 3 is 1.40 bits per heavy atom. The van der Waals surface area contributed by atoms with Crippen molar-refractivity contribution in [2.75, 3.05) is 22.1 Å². The Hall–Kier alpha value is -1.86. The molecule has 6 N–H and O–H groups in total. The van der Waals surface area contributed by atoms with Crippen LogP contribution in [0.3, 0.4) is 0 Å². The van der Waals surface area contributed by atoms with Gasteiger partial charge in [-0.15, -0.1) is 0 Å². The van der Waals surface area contributed by atoms with Gasteiger partial charge in [-0.25, -0.2) is 0 Å². The Balaban J connectivity index is 1.64. The second-order valence-corrected chi connectivity index (χ2v) is 8.87. The number of anilines is 4. The lowest BCUT2D eigenvalue weighted by atomic mass is 9.80. The standard InChI is InChI=1S/C20H20Cl4N4O2/c21-13-5-11(6-14(22)17(13)25)27-19(29)9-2-1-3-10(4-9)20(30)28-12-7-15(23)18(26)16(24)8-12/h5-10H,1-4,25-26H2,(H,27,29)(H,28,30). The van der Waals surface area contributed by atoms with Gasteiger partial charge in [-0.05, 0) is 43.5 Å². The van der Waals surface area contributed by atoms with Crippen LogP contribution in [0.15, 0.2) is 24.3 Å². The predicted octanol–water partition coefficient (Wildman–Crippen LogP) is 5.85. The molecule has 1 saturated carbocycles. The summed E-state index contributed by atoms with van der Waals surface area (Å²) in [5.74, 6) is -1.02. The molecule has 3 rings (SSSR count). The van der Waals surface area contributed by atoms with Gasteiger partial charge >= 0.3 is 0 Å². The highest BCUT2D eigenvalue weighted by Crippen LogP contribution is 2.35. The van der Waals surface area contributed by atoms with Crippen molar-refractivity contribution < 1.29 is 9.59 Å². The van der Waals surface area contributed by atoms with Crippen LogP contribution < -0.4 is 22.1 Å². The minimum atomic E-state index is -0.316. The molecule has 2 aromatic carbocycles. The molecule has 30 heavy (non-hydrogen) atoms. The number of carbonyl (C=O) groups excluding carboxylic acids is 2. The van der Waals surface area contributed by atoms with E-state index < -0.39 is 0 Å². The molecule has 2 unspecified atom stereocenters. The van der Waals surface area contributed by atoms with Crippen LogP contribution in [0.4, 0.5) is 22.7 Å². The van der Waals surface area contributed by atoms with E-state index in [1.54, 1.807) is 24.3 Å². The highest BCUT2D eigenvalue weighted by atomic mass is 35.5. The summed E-state index contributed by atoms with van der Waals surface area (Å²) in [6.45, 7) is 0. The second-order valence-electron chi connectivity index (χ2n) is 7.25. The van der Waals surface area contributed by atoms with Gasteiger partial charge in [-0.2, -0.15) is 0 Å². The maximum atomic E-state index is 12.7. The van der Waals surface area contributed by atoms with Crippen LogP contribution in [0.5, 0.6) is 0 Å². The lowest BCUT2D eigenvalue weighted by Crippen LogP contribution is -2.33. The Labute approximate surface area is 194 Å². The first-order chi connectivity index (χ1) is 14.2. The largest absolute Gasteiger partial charge is 0.396 e. The van der Waals surface area contributed by atoms with E-state index in [-0.39, 0.29) is 55.1 Å². The summed E-state index contributed by atoms with van der Waals surface area (Å²) in [4.78, 5) is 25.4. The zero-order valence-electron chi connectivity index (χ0n) is 15.8. The zero-order chi connectivity index (χ0) is 22.0. The van der Waals surface area contributed by atoms with Gasteiger partial charge in [-0.3, -0.25) is 9.59 Å². The Morgan fingerprint density at radius 2 is 1.07 bits per heavy atom. The number of rotatable bonds is 4. The van der Waals surface area contributed by atoms with Gasteiger partial charge in [0.1, 0.15) is 0 Å². The van der Waals surface area contributed by atoms with Crippen molar-refractivity contribution >= 4 is 81.0 Å². The Bertz CT molecular complexity index is 875. The number of hydrogen-bond acceptors (Lipinski definition) is 4. The molecule has 0 aromatic heterocycles. The van der Waals surface area contributed by atoms with E-state index in [0.717, 1.165) is 6.42 Å². The van der Waals surface area contributed by atoms with Crippen LogP contribution in [0.1, 0.15) is 25.7 Å². The minimum Gasteiger partial charge on any atom is -0.396 e. The third-order valence-corrected chi connectivity index (χ3v) is 6.36. The first-order valence-electron chi connectivity index (χ1n) is 9.26. The number of carbonyl (C=O) groups is 2.